The van der Waals surface area contributed by atoms with E-state index in [-0.39, 0.29) is 18.3 Å². The van der Waals surface area contributed by atoms with Crippen LogP contribution in [0.5, 0.6) is 5.75 Å². The van der Waals surface area contributed by atoms with Crippen LogP contribution in [0.2, 0.25) is 0 Å². The van der Waals surface area contributed by atoms with Gasteiger partial charge in [0.1, 0.15) is 5.75 Å². The second kappa shape index (κ2) is 12.9. The van der Waals surface area contributed by atoms with E-state index in [4.69, 9.17) is 9.72 Å². The molecule has 168 valence electrons. The quantitative estimate of drug-likeness (QED) is 0.336. The smallest absolute Gasteiger partial charge is 0.229 e. The fraction of sp³-hybridized carbons (Fsp3) is 0.391. The first-order valence-electron chi connectivity index (χ1n) is 10.2. The molecule has 0 unspecified atom stereocenters. The van der Waals surface area contributed by atoms with Gasteiger partial charge in [0.05, 0.1) is 16.8 Å². The van der Waals surface area contributed by atoms with E-state index in [1.165, 1.54) is 4.90 Å². The Morgan fingerprint density at radius 1 is 1.13 bits per heavy atom. The second-order valence-electron chi connectivity index (χ2n) is 7.17. The number of anilines is 1. The van der Waals surface area contributed by atoms with Crippen molar-refractivity contribution in [2.24, 2.45) is 0 Å². The van der Waals surface area contributed by atoms with Gasteiger partial charge in [0.25, 0.3) is 0 Å². The molecule has 0 bridgehead atoms. The van der Waals surface area contributed by atoms with Crippen LogP contribution in [0.1, 0.15) is 19.8 Å². The number of nitrogens with zero attached hydrogens (tertiary/aromatic N) is 3. The van der Waals surface area contributed by atoms with Gasteiger partial charge in [-0.2, -0.15) is 0 Å². The number of fused-ring (bicyclic) bond motifs is 1. The highest BCUT2D eigenvalue weighted by Crippen LogP contribution is 2.32. The average Bonchev–Trinajstić information content (AvgIpc) is 3.15. The number of hydrogen-bond donors (Lipinski definition) is 0. The number of thioether (sulfide) groups is 1. The molecule has 5 nitrogen and oxygen atoms in total. The molecule has 0 aliphatic rings. The van der Waals surface area contributed by atoms with Crippen LogP contribution in [0.15, 0.2) is 53.4 Å². The molecule has 8 heteroatoms. The number of hydrogen-bond acceptors (Lipinski definition) is 6. The van der Waals surface area contributed by atoms with Crippen LogP contribution in [0.25, 0.3) is 10.2 Å². The molecule has 1 aromatic heterocycles. The van der Waals surface area contributed by atoms with Gasteiger partial charge in [0.15, 0.2) is 5.13 Å². The molecule has 0 saturated heterocycles. The van der Waals surface area contributed by atoms with Gasteiger partial charge in [-0.25, -0.2) is 4.98 Å². The highest BCUT2D eigenvalue weighted by molar-refractivity contribution is 7.99. The Hall–Kier alpha value is -1.80. The van der Waals surface area contributed by atoms with Crippen LogP contribution in [0, 0.1) is 0 Å². The maximum absolute atomic E-state index is 13.1. The lowest BCUT2D eigenvalue weighted by molar-refractivity contribution is -0.118. The maximum Gasteiger partial charge on any atom is 0.229 e. The summed E-state index contributed by atoms with van der Waals surface area (Å²) in [6, 6.07) is 16.1. The number of halogens is 1. The van der Waals surface area contributed by atoms with Crippen molar-refractivity contribution in [3.63, 3.8) is 0 Å². The fourth-order valence-corrected chi connectivity index (χ4v) is 4.94. The Labute approximate surface area is 199 Å². The third kappa shape index (κ3) is 7.68. The molecule has 31 heavy (non-hydrogen) atoms. The molecular formula is C23H30ClN3O2S2. The summed E-state index contributed by atoms with van der Waals surface area (Å²) in [7, 11) is 4.10. The van der Waals surface area contributed by atoms with Crippen molar-refractivity contribution in [3.8, 4) is 5.75 Å². The third-order valence-corrected chi connectivity index (χ3v) is 6.56. The third-order valence-electron chi connectivity index (χ3n) is 4.51. The lowest BCUT2D eigenvalue weighted by atomic mass is 10.3. The van der Waals surface area contributed by atoms with Gasteiger partial charge in [-0.15, -0.1) is 24.2 Å². The predicted octanol–water partition coefficient (Wildman–Crippen LogP) is 5.58. The van der Waals surface area contributed by atoms with E-state index in [1.54, 1.807) is 23.1 Å². The summed E-state index contributed by atoms with van der Waals surface area (Å²) < 4.78 is 6.65. The van der Waals surface area contributed by atoms with Crippen LogP contribution in [-0.2, 0) is 4.79 Å². The number of rotatable bonds is 11. The van der Waals surface area contributed by atoms with Gasteiger partial charge in [0.2, 0.25) is 5.91 Å². The van der Waals surface area contributed by atoms with Crippen LogP contribution in [0.3, 0.4) is 0 Å². The molecule has 0 aliphatic carbocycles. The minimum atomic E-state index is 0. The van der Waals surface area contributed by atoms with Crippen molar-refractivity contribution in [1.29, 1.82) is 0 Å². The molecule has 0 saturated carbocycles. The number of ether oxygens (including phenoxy) is 1. The zero-order valence-electron chi connectivity index (χ0n) is 18.2. The monoisotopic (exact) mass is 479 g/mol. The zero-order valence-corrected chi connectivity index (χ0v) is 20.7. The fourth-order valence-electron chi connectivity index (χ4n) is 3.04. The predicted molar refractivity (Wildman–Crippen MR) is 135 cm³/mol. The molecule has 0 atom stereocenters. The molecule has 1 heterocycles. The standard InChI is InChI=1S/C23H29N3O2S2.ClH/c1-4-28-18-11-12-20-21(17-18)30-23(24-20)26(15-8-14-25(2)3)22(27)13-16-29-19-9-6-5-7-10-19;/h5-7,9-12,17H,4,8,13-16H2,1-3H3;1H. The Kier molecular flexibility index (Phi) is 10.6. The summed E-state index contributed by atoms with van der Waals surface area (Å²) in [6.45, 7) is 4.21. The largest absolute Gasteiger partial charge is 0.494 e. The number of aromatic nitrogens is 1. The summed E-state index contributed by atoms with van der Waals surface area (Å²) in [5.41, 5.74) is 0.905. The van der Waals surface area contributed by atoms with Gasteiger partial charge in [0, 0.05) is 23.6 Å². The van der Waals surface area contributed by atoms with E-state index in [2.05, 4.69) is 31.1 Å². The van der Waals surface area contributed by atoms with E-state index < -0.39 is 0 Å². The van der Waals surface area contributed by atoms with Gasteiger partial charge in [-0.1, -0.05) is 29.5 Å². The van der Waals surface area contributed by atoms with E-state index in [9.17, 15) is 4.79 Å². The molecule has 0 N–H and O–H groups in total. The summed E-state index contributed by atoms with van der Waals surface area (Å²) in [5.74, 6) is 1.72. The van der Waals surface area contributed by atoms with Gasteiger partial charge >= 0.3 is 0 Å². The van der Waals surface area contributed by atoms with Crippen molar-refractivity contribution >= 4 is 56.8 Å². The summed E-state index contributed by atoms with van der Waals surface area (Å²) in [6.07, 6.45) is 1.40. The Bertz CT molecular complexity index is 950. The molecule has 3 aromatic rings. The highest BCUT2D eigenvalue weighted by Gasteiger charge is 2.19. The van der Waals surface area contributed by atoms with Crippen molar-refractivity contribution in [1.82, 2.24) is 9.88 Å². The van der Waals surface area contributed by atoms with E-state index >= 15 is 0 Å². The Morgan fingerprint density at radius 2 is 1.90 bits per heavy atom. The lowest BCUT2D eigenvalue weighted by Crippen LogP contribution is -2.33. The molecule has 1 amide bonds. The molecule has 3 rings (SSSR count). The average molecular weight is 480 g/mol. The first-order valence-corrected chi connectivity index (χ1v) is 12.0. The number of thiazole rings is 1. The molecule has 0 fully saturated rings. The van der Waals surface area contributed by atoms with Crippen molar-refractivity contribution in [3.05, 3.63) is 48.5 Å². The second-order valence-corrected chi connectivity index (χ2v) is 9.35. The Balaban J connectivity index is 0.00000341. The van der Waals surface area contributed by atoms with E-state index in [0.29, 0.717) is 19.6 Å². The van der Waals surface area contributed by atoms with Gasteiger partial charge in [-0.3, -0.25) is 9.69 Å². The Morgan fingerprint density at radius 3 is 2.61 bits per heavy atom. The minimum Gasteiger partial charge on any atom is -0.494 e. The molecule has 0 radical (unpaired) electrons. The number of benzene rings is 2. The van der Waals surface area contributed by atoms with Crippen LogP contribution >= 0.6 is 35.5 Å². The number of carbonyl (C=O) groups excluding carboxylic acids is 1. The van der Waals surface area contributed by atoms with Crippen molar-refractivity contribution < 1.29 is 9.53 Å². The first-order chi connectivity index (χ1) is 14.6. The molecule has 0 spiro atoms. The molecular weight excluding hydrogens is 450 g/mol. The number of amides is 1. The van der Waals surface area contributed by atoms with Gasteiger partial charge in [-0.05, 0) is 64.3 Å². The summed E-state index contributed by atoms with van der Waals surface area (Å²) in [5, 5.41) is 0.770. The van der Waals surface area contributed by atoms with Crippen LogP contribution in [-0.4, -0.2) is 55.3 Å². The summed E-state index contributed by atoms with van der Waals surface area (Å²) >= 11 is 3.27. The minimum absolute atomic E-state index is 0. The van der Waals surface area contributed by atoms with Crippen LogP contribution in [0.4, 0.5) is 5.13 Å². The zero-order chi connectivity index (χ0) is 21.3. The van der Waals surface area contributed by atoms with E-state index in [0.717, 1.165) is 39.8 Å². The maximum atomic E-state index is 13.1. The van der Waals surface area contributed by atoms with Gasteiger partial charge < -0.3 is 9.64 Å². The van der Waals surface area contributed by atoms with Crippen LogP contribution < -0.4 is 9.64 Å². The normalized spacial score (nSPS) is 10.8. The van der Waals surface area contributed by atoms with E-state index in [1.807, 2.05) is 48.2 Å². The first kappa shape index (κ1) is 25.5. The topological polar surface area (TPSA) is 45.7 Å². The van der Waals surface area contributed by atoms with Crippen molar-refractivity contribution in [2.45, 2.75) is 24.7 Å². The highest BCUT2D eigenvalue weighted by atomic mass is 35.5. The number of carbonyl (C=O) groups is 1. The SMILES string of the molecule is CCOc1ccc2nc(N(CCCN(C)C)C(=O)CCSc3ccccc3)sc2c1.Cl. The molecule has 0 aliphatic heterocycles. The summed E-state index contributed by atoms with van der Waals surface area (Å²) in [4.78, 5) is 23.0. The lowest BCUT2D eigenvalue weighted by Gasteiger charge is -2.21. The molecule has 2 aromatic carbocycles. The van der Waals surface area contributed by atoms with Crippen molar-refractivity contribution in [2.75, 3.05) is 44.4 Å².